The predicted molar refractivity (Wildman–Crippen MR) is 56.4 cm³/mol. The van der Waals surface area contributed by atoms with Crippen LogP contribution in [0, 0.1) is 0 Å². The number of carboxylic acids is 1. The van der Waals surface area contributed by atoms with Crippen LogP contribution in [0.3, 0.4) is 0 Å². The number of nitrogens with zero attached hydrogens (tertiary/aromatic N) is 1. The third-order valence-electron chi connectivity index (χ3n) is 2.93. The zero-order chi connectivity index (χ0) is 10.4. The fourth-order valence-electron chi connectivity index (χ4n) is 2.14. The molecule has 0 radical (unpaired) electrons. The minimum absolute atomic E-state index is 0.238. The number of hydrogen-bond acceptors (Lipinski definition) is 2. The molecular formula is C11H21NO2. The van der Waals surface area contributed by atoms with Crippen LogP contribution in [-0.2, 0) is 4.79 Å². The average molecular weight is 199 g/mol. The topological polar surface area (TPSA) is 40.5 Å². The molecule has 1 aliphatic rings. The summed E-state index contributed by atoms with van der Waals surface area (Å²) in [5.41, 5.74) is 0. The molecule has 1 aliphatic heterocycles. The van der Waals surface area contributed by atoms with Gasteiger partial charge in [0, 0.05) is 0 Å². The van der Waals surface area contributed by atoms with Crippen molar-refractivity contribution >= 4 is 5.97 Å². The molecule has 0 aromatic carbocycles. The first-order chi connectivity index (χ1) is 6.75. The molecule has 0 bridgehead atoms. The Hall–Kier alpha value is -0.570. The molecule has 0 spiro atoms. The lowest BCUT2D eigenvalue weighted by Gasteiger charge is -2.26. The van der Waals surface area contributed by atoms with Gasteiger partial charge in [-0.3, -0.25) is 9.69 Å². The molecule has 1 heterocycles. The summed E-state index contributed by atoms with van der Waals surface area (Å²) in [5.74, 6) is -0.645. The van der Waals surface area contributed by atoms with Crippen LogP contribution in [0.15, 0.2) is 0 Å². The quantitative estimate of drug-likeness (QED) is 0.754. The second kappa shape index (κ2) is 6.02. The first-order valence-corrected chi connectivity index (χ1v) is 5.72. The van der Waals surface area contributed by atoms with Gasteiger partial charge >= 0.3 is 5.97 Å². The van der Waals surface area contributed by atoms with Crippen LogP contribution < -0.4 is 0 Å². The predicted octanol–water partition coefficient (Wildman–Crippen LogP) is 2.12. The molecule has 82 valence electrons. The fourth-order valence-corrected chi connectivity index (χ4v) is 2.14. The van der Waals surface area contributed by atoms with Gasteiger partial charge in [-0.2, -0.15) is 0 Å². The Bertz CT molecular complexity index is 174. The fraction of sp³-hybridized carbons (Fsp3) is 0.909. The van der Waals surface area contributed by atoms with Crippen molar-refractivity contribution in [2.45, 2.75) is 51.5 Å². The number of rotatable bonds is 4. The Balaban J connectivity index is 2.51. The largest absolute Gasteiger partial charge is 0.480 e. The van der Waals surface area contributed by atoms with E-state index < -0.39 is 5.97 Å². The van der Waals surface area contributed by atoms with E-state index in [9.17, 15) is 4.79 Å². The Morgan fingerprint density at radius 1 is 1.29 bits per heavy atom. The maximum Gasteiger partial charge on any atom is 0.320 e. The Labute approximate surface area is 86.1 Å². The van der Waals surface area contributed by atoms with E-state index in [0.717, 1.165) is 38.8 Å². The molecule has 1 atom stereocenters. The second-order valence-electron chi connectivity index (χ2n) is 4.09. The highest BCUT2D eigenvalue weighted by Crippen LogP contribution is 2.15. The summed E-state index contributed by atoms with van der Waals surface area (Å²) in [5, 5.41) is 9.11. The molecular weight excluding hydrogens is 178 g/mol. The lowest BCUT2D eigenvalue weighted by atomic mass is 10.1. The van der Waals surface area contributed by atoms with Gasteiger partial charge in [0.2, 0.25) is 0 Å². The first-order valence-electron chi connectivity index (χ1n) is 5.72. The summed E-state index contributed by atoms with van der Waals surface area (Å²) < 4.78 is 0. The van der Waals surface area contributed by atoms with E-state index in [-0.39, 0.29) is 6.04 Å². The van der Waals surface area contributed by atoms with E-state index >= 15 is 0 Å². The summed E-state index contributed by atoms with van der Waals surface area (Å²) in [7, 11) is 0. The van der Waals surface area contributed by atoms with Crippen LogP contribution in [0.25, 0.3) is 0 Å². The van der Waals surface area contributed by atoms with Crippen LogP contribution in [0.1, 0.15) is 45.4 Å². The molecule has 3 nitrogen and oxygen atoms in total. The molecule has 3 heteroatoms. The highest BCUT2D eigenvalue weighted by molar-refractivity contribution is 5.73. The molecule has 14 heavy (non-hydrogen) atoms. The molecule has 0 aliphatic carbocycles. The van der Waals surface area contributed by atoms with E-state index in [2.05, 4.69) is 4.90 Å². The van der Waals surface area contributed by atoms with E-state index in [0.29, 0.717) is 0 Å². The SMILES string of the molecule is CCC[C@@H](C(=O)O)N1CCCCCC1. The molecule has 0 aromatic heterocycles. The molecule has 1 N–H and O–H groups in total. The number of hydrogen-bond donors (Lipinski definition) is 1. The summed E-state index contributed by atoms with van der Waals surface area (Å²) in [4.78, 5) is 13.2. The molecule has 0 saturated carbocycles. The number of aliphatic carboxylic acids is 1. The van der Waals surface area contributed by atoms with E-state index in [1.54, 1.807) is 0 Å². The highest BCUT2D eigenvalue weighted by Gasteiger charge is 2.24. The molecule has 1 rings (SSSR count). The third kappa shape index (κ3) is 3.29. The van der Waals surface area contributed by atoms with Crippen molar-refractivity contribution in [3.63, 3.8) is 0 Å². The molecule has 1 saturated heterocycles. The summed E-state index contributed by atoms with van der Waals surface area (Å²) in [6, 6.07) is -0.238. The third-order valence-corrected chi connectivity index (χ3v) is 2.93. The Morgan fingerprint density at radius 3 is 2.29 bits per heavy atom. The summed E-state index contributed by atoms with van der Waals surface area (Å²) in [6.45, 7) is 3.99. The van der Waals surface area contributed by atoms with Crippen molar-refractivity contribution in [3.05, 3.63) is 0 Å². The average Bonchev–Trinajstić information content (AvgIpc) is 2.41. The van der Waals surface area contributed by atoms with Gasteiger partial charge in [0.25, 0.3) is 0 Å². The maximum atomic E-state index is 11.1. The smallest absolute Gasteiger partial charge is 0.320 e. The van der Waals surface area contributed by atoms with Gasteiger partial charge in [0.15, 0.2) is 0 Å². The number of carboxylic acid groups (broad SMARTS) is 1. The number of likely N-dealkylation sites (tertiary alicyclic amines) is 1. The van der Waals surface area contributed by atoms with Gasteiger partial charge in [-0.05, 0) is 32.4 Å². The minimum atomic E-state index is -0.645. The van der Waals surface area contributed by atoms with Crippen molar-refractivity contribution in [1.29, 1.82) is 0 Å². The Kier molecular flexibility index (Phi) is 4.94. The van der Waals surface area contributed by atoms with Gasteiger partial charge in [-0.1, -0.05) is 26.2 Å². The molecule has 0 amide bonds. The van der Waals surface area contributed by atoms with E-state index in [1.807, 2.05) is 6.92 Å². The molecule has 0 aromatic rings. The van der Waals surface area contributed by atoms with Crippen LogP contribution in [0.5, 0.6) is 0 Å². The van der Waals surface area contributed by atoms with Gasteiger partial charge in [-0.15, -0.1) is 0 Å². The van der Waals surface area contributed by atoms with Gasteiger partial charge < -0.3 is 5.11 Å². The van der Waals surface area contributed by atoms with Crippen molar-refractivity contribution in [3.8, 4) is 0 Å². The monoisotopic (exact) mass is 199 g/mol. The van der Waals surface area contributed by atoms with Crippen LogP contribution in [0.4, 0.5) is 0 Å². The van der Waals surface area contributed by atoms with Crippen LogP contribution in [-0.4, -0.2) is 35.1 Å². The maximum absolute atomic E-state index is 11.1. The lowest BCUT2D eigenvalue weighted by molar-refractivity contribution is -0.143. The van der Waals surface area contributed by atoms with Crippen molar-refractivity contribution in [1.82, 2.24) is 4.90 Å². The minimum Gasteiger partial charge on any atom is -0.480 e. The number of carbonyl (C=O) groups is 1. The zero-order valence-electron chi connectivity index (χ0n) is 9.04. The molecule has 0 unspecified atom stereocenters. The van der Waals surface area contributed by atoms with Gasteiger partial charge in [0.1, 0.15) is 6.04 Å². The van der Waals surface area contributed by atoms with Gasteiger partial charge in [0.05, 0.1) is 0 Å². The van der Waals surface area contributed by atoms with E-state index in [1.165, 1.54) is 12.8 Å². The highest BCUT2D eigenvalue weighted by atomic mass is 16.4. The normalized spacial score (nSPS) is 21.5. The summed E-state index contributed by atoms with van der Waals surface area (Å²) in [6.07, 6.45) is 6.58. The van der Waals surface area contributed by atoms with Gasteiger partial charge in [-0.25, -0.2) is 0 Å². The summed E-state index contributed by atoms with van der Waals surface area (Å²) >= 11 is 0. The Morgan fingerprint density at radius 2 is 1.86 bits per heavy atom. The van der Waals surface area contributed by atoms with Crippen LogP contribution >= 0.6 is 0 Å². The van der Waals surface area contributed by atoms with Crippen molar-refractivity contribution < 1.29 is 9.90 Å². The standard InChI is InChI=1S/C11H21NO2/c1-2-7-10(11(13)14)12-8-5-3-4-6-9-12/h10H,2-9H2,1H3,(H,13,14)/t10-/m0/s1. The second-order valence-corrected chi connectivity index (χ2v) is 4.09. The zero-order valence-corrected chi connectivity index (χ0v) is 9.04. The molecule has 1 fully saturated rings. The van der Waals surface area contributed by atoms with Crippen molar-refractivity contribution in [2.24, 2.45) is 0 Å². The lowest BCUT2D eigenvalue weighted by Crippen LogP contribution is -2.41. The van der Waals surface area contributed by atoms with E-state index in [4.69, 9.17) is 5.11 Å². The van der Waals surface area contributed by atoms with Crippen molar-refractivity contribution in [2.75, 3.05) is 13.1 Å². The van der Waals surface area contributed by atoms with Crippen LogP contribution in [0.2, 0.25) is 0 Å². The first kappa shape index (κ1) is 11.5.